The number of imidazole rings is 1. The first kappa shape index (κ1) is 23.3. The third-order valence-electron chi connectivity index (χ3n) is 5.08. The molecule has 2 amide bonds. The Morgan fingerprint density at radius 2 is 1.78 bits per heavy atom. The molecule has 0 spiro atoms. The minimum Gasteiger partial charge on any atom is -0.326 e. The van der Waals surface area contributed by atoms with Crippen LogP contribution in [0.1, 0.15) is 25.8 Å². The number of fused-ring (bicyclic) bond motifs is 1. The van der Waals surface area contributed by atoms with Gasteiger partial charge in [-0.15, -0.1) is 0 Å². The molecule has 3 aromatic rings. The van der Waals surface area contributed by atoms with Gasteiger partial charge < -0.3 is 15.2 Å². The molecule has 0 fully saturated rings. The number of hydrogen-bond acceptors (Lipinski definition) is 6. The first-order chi connectivity index (χ1) is 15.2. The molecule has 10 nitrogen and oxygen atoms in total. The van der Waals surface area contributed by atoms with Crippen molar-refractivity contribution in [2.45, 2.75) is 38.9 Å². The molecule has 1 aromatic carbocycles. The summed E-state index contributed by atoms with van der Waals surface area (Å²) in [7, 11) is 2.99. The van der Waals surface area contributed by atoms with Crippen molar-refractivity contribution in [1.82, 2.24) is 18.7 Å². The zero-order valence-corrected chi connectivity index (χ0v) is 19.5. The third-order valence-corrected chi connectivity index (χ3v) is 6.05. The standard InChI is InChI=1S/C21H26N6O4S/c1-6-15(28)23-14-10-13(9-8-12(14)3)22-16(29)11-32-20-24-18-17(27(20)7-2)19(30)26(5)21(31)25(18)4/h8-10H,6-7,11H2,1-5H3,(H,22,29)(H,23,28). The van der Waals surface area contributed by atoms with Crippen LogP contribution in [-0.2, 0) is 30.2 Å². The molecule has 0 aliphatic heterocycles. The van der Waals surface area contributed by atoms with E-state index in [0.717, 1.165) is 10.1 Å². The Bertz CT molecular complexity index is 1320. The number of carbonyl (C=O) groups excluding carboxylic acids is 2. The molecule has 0 aliphatic rings. The molecule has 0 saturated heterocycles. The van der Waals surface area contributed by atoms with Gasteiger partial charge in [0.05, 0.1) is 5.75 Å². The summed E-state index contributed by atoms with van der Waals surface area (Å²) in [5.41, 5.74) is 1.84. The summed E-state index contributed by atoms with van der Waals surface area (Å²) in [4.78, 5) is 53.5. The van der Waals surface area contributed by atoms with Crippen LogP contribution in [0.2, 0.25) is 0 Å². The number of anilines is 2. The second-order valence-corrected chi connectivity index (χ2v) is 8.23. The minimum absolute atomic E-state index is 0.0577. The number of carbonyl (C=O) groups is 2. The monoisotopic (exact) mass is 458 g/mol. The van der Waals surface area contributed by atoms with Crippen LogP contribution in [0, 0.1) is 6.92 Å². The van der Waals surface area contributed by atoms with Gasteiger partial charge in [-0.3, -0.25) is 23.5 Å². The maximum atomic E-state index is 12.6. The molecule has 3 rings (SSSR count). The normalized spacial score (nSPS) is 11.0. The predicted molar refractivity (Wildman–Crippen MR) is 125 cm³/mol. The Morgan fingerprint density at radius 3 is 2.44 bits per heavy atom. The Balaban J connectivity index is 1.80. The van der Waals surface area contributed by atoms with Crippen LogP contribution in [0.3, 0.4) is 0 Å². The maximum Gasteiger partial charge on any atom is 0.332 e. The number of aromatic nitrogens is 4. The summed E-state index contributed by atoms with van der Waals surface area (Å²) < 4.78 is 4.08. The molecule has 2 N–H and O–H groups in total. The van der Waals surface area contributed by atoms with Crippen molar-refractivity contribution in [3.8, 4) is 0 Å². The molecular formula is C21H26N6O4S. The summed E-state index contributed by atoms with van der Waals surface area (Å²) in [6.45, 7) is 5.98. The minimum atomic E-state index is -0.456. The summed E-state index contributed by atoms with van der Waals surface area (Å²) in [6.07, 6.45) is 0.361. The first-order valence-corrected chi connectivity index (χ1v) is 11.2. The number of hydrogen-bond donors (Lipinski definition) is 2. The van der Waals surface area contributed by atoms with Gasteiger partial charge in [0.25, 0.3) is 5.56 Å². The smallest absolute Gasteiger partial charge is 0.326 e. The molecule has 2 heterocycles. The van der Waals surface area contributed by atoms with Crippen molar-refractivity contribution >= 4 is 46.1 Å². The van der Waals surface area contributed by atoms with Gasteiger partial charge in [0.1, 0.15) is 0 Å². The topological polar surface area (TPSA) is 120 Å². The lowest BCUT2D eigenvalue weighted by atomic mass is 10.1. The van der Waals surface area contributed by atoms with Crippen molar-refractivity contribution in [1.29, 1.82) is 0 Å². The van der Waals surface area contributed by atoms with E-state index in [-0.39, 0.29) is 23.2 Å². The van der Waals surface area contributed by atoms with Gasteiger partial charge >= 0.3 is 5.69 Å². The van der Waals surface area contributed by atoms with Crippen LogP contribution >= 0.6 is 11.8 Å². The third kappa shape index (κ3) is 4.47. The van der Waals surface area contributed by atoms with Crippen molar-refractivity contribution < 1.29 is 9.59 Å². The van der Waals surface area contributed by atoms with Crippen LogP contribution in [-0.4, -0.2) is 36.3 Å². The van der Waals surface area contributed by atoms with Crippen LogP contribution < -0.4 is 21.9 Å². The van der Waals surface area contributed by atoms with Gasteiger partial charge in [0.15, 0.2) is 16.3 Å². The Morgan fingerprint density at radius 1 is 1.06 bits per heavy atom. The van der Waals surface area contributed by atoms with Crippen molar-refractivity contribution in [2.24, 2.45) is 14.1 Å². The van der Waals surface area contributed by atoms with Crippen LogP contribution in [0.25, 0.3) is 11.2 Å². The van der Waals surface area contributed by atoms with Crippen molar-refractivity contribution in [3.05, 3.63) is 44.6 Å². The number of amides is 2. The largest absolute Gasteiger partial charge is 0.332 e. The number of rotatable bonds is 7. The molecule has 0 unspecified atom stereocenters. The molecule has 0 aliphatic carbocycles. The number of nitrogens with one attached hydrogen (secondary N) is 2. The van der Waals surface area contributed by atoms with Crippen molar-refractivity contribution in [3.63, 3.8) is 0 Å². The molecule has 2 aromatic heterocycles. The number of aryl methyl sites for hydroxylation is 3. The summed E-state index contributed by atoms with van der Waals surface area (Å²) in [5.74, 6) is -0.309. The summed E-state index contributed by atoms with van der Waals surface area (Å²) >= 11 is 1.18. The quantitative estimate of drug-likeness (QED) is 0.522. The summed E-state index contributed by atoms with van der Waals surface area (Å²) in [5, 5.41) is 6.11. The fourth-order valence-electron chi connectivity index (χ4n) is 3.23. The molecule has 11 heteroatoms. The summed E-state index contributed by atoms with van der Waals surface area (Å²) in [6, 6.07) is 5.30. The highest BCUT2D eigenvalue weighted by atomic mass is 32.2. The number of benzene rings is 1. The van der Waals surface area contributed by atoms with Crippen molar-refractivity contribution in [2.75, 3.05) is 16.4 Å². The van der Waals surface area contributed by atoms with E-state index in [0.29, 0.717) is 35.0 Å². The highest BCUT2D eigenvalue weighted by Crippen LogP contribution is 2.23. The Kier molecular flexibility index (Phi) is 6.87. The van der Waals surface area contributed by atoms with E-state index in [2.05, 4.69) is 15.6 Å². The van der Waals surface area contributed by atoms with E-state index in [9.17, 15) is 19.2 Å². The first-order valence-electron chi connectivity index (χ1n) is 10.2. The van der Waals surface area contributed by atoms with E-state index in [1.54, 1.807) is 30.7 Å². The van der Waals surface area contributed by atoms with Gasteiger partial charge in [-0.25, -0.2) is 9.78 Å². The Hall–Kier alpha value is -3.34. The highest BCUT2D eigenvalue weighted by Gasteiger charge is 2.19. The van der Waals surface area contributed by atoms with Crippen LogP contribution in [0.4, 0.5) is 11.4 Å². The lowest BCUT2D eigenvalue weighted by Gasteiger charge is -2.11. The SMILES string of the molecule is CCC(=O)Nc1cc(NC(=O)CSc2nc3c(c(=O)n(C)c(=O)n3C)n2CC)ccc1C. The lowest BCUT2D eigenvalue weighted by molar-refractivity contribution is -0.116. The zero-order valence-electron chi connectivity index (χ0n) is 18.7. The maximum absolute atomic E-state index is 12.6. The van der Waals surface area contributed by atoms with Gasteiger partial charge in [0.2, 0.25) is 11.8 Å². The van der Waals surface area contributed by atoms with E-state index >= 15 is 0 Å². The molecule has 0 bridgehead atoms. The molecular weight excluding hydrogens is 432 g/mol. The van der Waals surface area contributed by atoms with E-state index in [4.69, 9.17) is 0 Å². The molecule has 0 radical (unpaired) electrons. The van der Waals surface area contributed by atoms with Crippen LogP contribution in [0.15, 0.2) is 32.9 Å². The second kappa shape index (κ2) is 9.43. The second-order valence-electron chi connectivity index (χ2n) is 7.28. The lowest BCUT2D eigenvalue weighted by Crippen LogP contribution is -2.37. The average Bonchev–Trinajstić information content (AvgIpc) is 3.15. The molecule has 170 valence electrons. The Labute approximate surface area is 188 Å². The van der Waals surface area contributed by atoms with Gasteiger partial charge in [-0.2, -0.15) is 0 Å². The van der Waals surface area contributed by atoms with E-state index < -0.39 is 11.2 Å². The molecule has 0 saturated carbocycles. The van der Waals surface area contributed by atoms with Gasteiger partial charge in [-0.1, -0.05) is 24.8 Å². The zero-order chi connectivity index (χ0) is 23.6. The fraction of sp³-hybridized carbons (Fsp3) is 0.381. The van der Waals surface area contributed by atoms with E-state index in [1.807, 2.05) is 19.9 Å². The van der Waals surface area contributed by atoms with Gasteiger partial charge in [0, 0.05) is 38.4 Å². The van der Waals surface area contributed by atoms with Gasteiger partial charge in [-0.05, 0) is 31.5 Å². The van der Waals surface area contributed by atoms with Crippen LogP contribution in [0.5, 0.6) is 0 Å². The molecule has 32 heavy (non-hydrogen) atoms. The molecule has 0 atom stereocenters. The number of thioether (sulfide) groups is 1. The van der Waals surface area contributed by atoms with E-state index in [1.165, 1.54) is 23.4 Å². The fourth-order valence-corrected chi connectivity index (χ4v) is 4.09. The average molecular weight is 459 g/mol. The highest BCUT2D eigenvalue weighted by molar-refractivity contribution is 7.99. The number of nitrogens with zero attached hydrogens (tertiary/aromatic N) is 4. The predicted octanol–water partition coefficient (Wildman–Crippen LogP) is 1.84.